The Kier molecular flexibility index (Phi) is 13.5. The Morgan fingerprint density at radius 3 is 1.44 bits per heavy atom. The molecule has 0 bridgehead atoms. The third-order valence-corrected chi connectivity index (χ3v) is 6.19. The zero-order valence-corrected chi connectivity index (χ0v) is 22.5. The normalized spacial score (nSPS) is 12.4. The first-order chi connectivity index (χ1) is 17.4. The highest BCUT2D eigenvalue weighted by atomic mass is 16.5. The van der Waals surface area contributed by atoms with Crippen molar-refractivity contribution < 1.29 is 19.1 Å². The van der Waals surface area contributed by atoms with Crippen LogP contribution in [-0.2, 0) is 0 Å². The van der Waals surface area contributed by atoms with Crippen LogP contribution in [0, 0.1) is 0 Å². The molecule has 0 aliphatic heterocycles. The lowest BCUT2D eigenvalue weighted by molar-refractivity contribution is 0.0943. The van der Waals surface area contributed by atoms with Gasteiger partial charge in [0.25, 0.3) is 11.8 Å². The molecule has 0 saturated carbocycles. The number of amides is 2. The fourth-order valence-electron chi connectivity index (χ4n) is 3.62. The minimum Gasteiger partial charge on any atom is -0.491 e. The van der Waals surface area contributed by atoms with Gasteiger partial charge in [-0.05, 0) is 75.9 Å². The molecule has 0 fully saturated rings. The molecule has 0 spiro atoms. The molecule has 0 aromatic heterocycles. The summed E-state index contributed by atoms with van der Waals surface area (Å²) in [5.74, 6) is 1.35. The van der Waals surface area contributed by atoms with Gasteiger partial charge in [0.15, 0.2) is 0 Å². The molecule has 2 atom stereocenters. The van der Waals surface area contributed by atoms with Crippen LogP contribution in [0.15, 0.2) is 48.5 Å². The summed E-state index contributed by atoms with van der Waals surface area (Å²) in [6, 6.07) is 14.7. The number of rotatable bonds is 17. The highest BCUT2D eigenvalue weighted by Crippen LogP contribution is 2.17. The van der Waals surface area contributed by atoms with Crippen LogP contribution in [0.4, 0.5) is 0 Å². The predicted molar refractivity (Wildman–Crippen MR) is 146 cm³/mol. The molecular weight excluding hydrogens is 452 g/mol. The number of hydrogen-bond acceptors (Lipinski definition) is 4. The van der Waals surface area contributed by atoms with Gasteiger partial charge < -0.3 is 20.1 Å². The average Bonchev–Trinajstić information content (AvgIpc) is 2.89. The first kappa shape index (κ1) is 29.2. The van der Waals surface area contributed by atoms with E-state index in [0.717, 1.165) is 62.9 Å². The van der Waals surface area contributed by atoms with E-state index in [1.807, 2.05) is 50.2 Å². The molecule has 2 amide bonds. The smallest absolute Gasteiger partial charge is 0.251 e. The highest BCUT2D eigenvalue weighted by molar-refractivity contribution is 5.95. The lowest BCUT2D eigenvalue weighted by atomic mass is 10.1. The molecule has 2 rings (SSSR count). The zero-order chi connectivity index (χ0) is 26.2. The van der Waals surface area contributed by atoms with Crippen molar-refractivity contribution in [3.63, 3.8) is 0 Å². The van der Waals surface area contributed by atoms with Crippen LogP contribution < -0.4 is 20.1 Å². The van der Waals surface area contributed by atoms with Gasteiger partial charge in [0, 0.05) is 24.2 Å². The van der Waals surface area contributed by atoms with E-state index in [2.05, 4.69) is 24.5 Å². The van der Waals surface area contributed by atoms with E-state index in [4.69, 9.17) is 9.47 Å². The van der Waals surface area contributed by atoms with Gasteiger partial charge >= 0.3 is 0 Å². The Bertz CT molecular complexity index is 855. The minimum absolute atomic E-state index is 0.0580. The van der Waals surface area contributed by atoms with E-state index >= 15 is 0 Å². The van der Waals surface area contributed by atoms with Gasteiger partial charge in [-0.2, -0.15) is 0 Å². The summed E-state index contributed by atoms with van der Waals surface area (Å²) in [6.45, 7) is 9.53. The fraction of sp³-hybridized carbons (Fsp3) is 0.533. The van der Waals surface area contributed by atoms with E-state index in [1.54, 1.807) is 12.1 Å². The molecule has 2 aromatic carbocycles. The topological polar surface area (TPSA) is 76.7 Å². The van der Waals surface area contributed by atoms with E-state index in [0.29, 0.717) is 24.2 Å². The summed E-state index contributed by atoms with van der Waals surface area (Å²) >= 11 is 0. The summed E-state index contributed by atoms with van der Waals surface area (Å²) in [7, 11) is 0. The molecule has 36 heavy (non-hydrogen) atoms. The predicted octanol–water partition coefficient (Wildman–Crippen LogP) is 6.54. The Morgan fingerprint density at radius 1 is 0.667 bits per heavy atom. The van der Waals surface area contributed by atoms with Gasteiger partial charge in [-0.15, -0.1) is 0 Å². The molecule has 2 aromatic rings. The second kappa shape index (κ2) is 16.6. The van der Waals surface area contributed by atoms with Crippen LogP contribution in [0.3, 0.4) is 0 Å². The number of nitrogens with one attached hydrogen (secondary N) is 2. The van der Waals surface area contributed by atoms with Crippen molar-refractivity contribution in [2.45, 2.75) is 91.3 Å². The van der Waals surface area contributed by atoms with Gasteiger partial charge in [-0.25, -0.2) is 0 Å². The number of carbonyl (C=O) groups is 2. The minimum atomic E-state index is -0.0580. The maximum atomic E-state index is 12.4. The summed E-state index contributed by atoms with van der Waals surface area (Å²) in [5.41, 5.74) is 1.26. The molecule has 2 unspecified atom stereocenters. The summed E-state index contributed by atoms with van der Waals surface area (Å²) in [4.78, 5) is 24.8. The molecular formula is C30H44N2O4. The van der Waals surface area contributed by atoms with Gasteiger partial charge in [0.2, 0.25) is 0 Å². The average molecular weight is 497 g/mol. The molecule has 198 valence electrons. The fourth-order valence-corrected chi connectivity index (χ4v) is 3.62. The van der Waals surface area contributed by atoms with Crippen molar-refractivity contribution in [1.29, 1.82) is 0 Å². The number of unbranched alkanes of at least 4 members (excludes halogenated alkanes) is 5. The number of hydrogen-bond donors (Lipinski definition) is 2. The Hall–Kier alpha value is -3.02. The van der Waals surface area contributed by atoms with Crippen LogP contribution in [0.1, 0.15) is 99.8 Å². The third-order valence-electron chi connectivity index (χ3n) is 6.19. The lowest BCUT2D eigenvalue weighted by Gasteiger charge is -2.13. The van der Waals surface area contributed by atoms with Gasteiger partial charge in [-0.3, -0.25) is 9.59 Å². The summed E-state index contributed by atoms with van der Waals surface area (Å²) < 4.78 is 11.6. The first-order valence-electron chi connectivity index (χ1n) is 13.5. The molecule has 6 heteroatoms. The monoisotopic (exact) mass is 496 g/mol. The SMILES string of the molecule is CCC(C)Oc1cccc(C(=O)NCCCCCCCCNC(=O)c2cccc(OC(C)CC)c2)c1. The molecule has 0 heterocycles. The van der Waals surface area contributed by atoms with Gasteiger partial charge in [0.05, 0.1) is 12.2 Å². The van der Waals surface area contributed by atoms with E-state index in [-0.39, 0.29) is 24.0 Å². The van der Waals surface area contributed by atoms with E-state index in [9.17, 15) is 9.59 Å². The van der Waals surface area contributed by atoms with E-state index < -0.39 is 0 Å². The molecule has 2 N–H and O–H groups in total. The van der Waals surface area contributed by atoms with Crippen molar-refractivity contribution in [3.05, 3.63) is 59.7 Å². The highest BCUT2D eigenvalue weighted by Gasteiger charge is 2.09. The summed E-state index contributed by atoms with van der Waals surface area (Å²) in [5, 5.41) is 6.00. The second-order valence-electron chi connectivity index (χ2n) is 9.36. The van der Waals surface area contributed by atoms with Crippen molar-refractivity contribution in [2.75, 3.05) is 13.1 Å². The number of carbonyl (C=O) groups excluding carboxylic acids is 2. The van der Waals surface area contributed by atoms with Crippen LogP contribution in [-0.4, -0.2) is 37.1 Å². The number of benzene rings is 2. The lowest BCUT2D eigenvalue weighted by Crippen LogP contribution is -2.24. The van der Waals surface area contributed by atoms with E-state index in [1.165, 1.54) is 0 Å². The van der Waals surface area contributed by atoms with Crippen molar-refractivity contribution in [2.24, 2.45) is 0 Å². The third kappa shape index (κ3) is 11.1. The van der Waals surface area contributed by atoms with Crippen LogP contribution in [0.5, 0.6) is 11.5 Å². The zero-order valence-electron chi connectivity index (χ0n) is 22.5. The van der Waals surface area contributed by atoms with Crippen molar-refractivity contribution in [3.8, 4) is 11.5 Å². The Morgan fingerprint density at radius 2 is 1.06 bits per heavy atom. The van der Waals surface area contributed by atoms with Crippen LogP contribution in [0.2, 0.25) is 0 Å². The van der Waals surface area contributed by atoms with Crippen LogP contribution >= 0.6 is 0 Å². The second-order valence-corrected chi connectivity index (χ2v) is 9.36. The maximum Gasteiger partial charge on any atom is 0.251 e. The Labute approximate surface area is 217 Å². The van der Waals surface area contributed by atoms with Crippen LogP contribution in [0.25, 0.3) is 0 Å². The molecule has 6 nitrogen and oxygen atoms in total. The standard InChI is InChI=1S/C30H44N2O4/c1-5-23(3)35-27-17-13-15-25(21-27)29(33)31-19-11-9-7-8-10-12-20-32-30(34)26-16-14-18-28(22-26)36-24(4)6-2/h13-18,21-24H,5-12,19-20H2,1-4H3,(H,31,33)(H,32,34). The van der Waals surface area contributed by atoms with Crippen molar-refractivity contribution >= 4 is 11.8 Å². The molecule has 0 radical (unpaired) electrons. The van der Waals surface area contributed by atoms with Crippen molar-refractivity contribution in [1.82, 2.24) is 10.6 Å². The molecule has 0 aliphatic carbocycles. The first-order valence-corrected chi connectivity index (χ1v) is 13.5. The largest absolute Gasteiger partial charge is 0.491 e. The number of ether oxygens (including phenoxy) is 2. The molecule has 0 aliphatic rings. The quantitative estimate of drug-likeness (QED) is 0.244. The summed E-state index contributed by atoms with van der Waals surface area (Å²) in [6.07, 6.45) is 8.42. The van der Waals surface area contributed by atoms with Gasteiger partial charge in [-0.1, -0.05) is 51.7 Å². The molecule has 0 saturated heterocycles. The Balaban J connectivity index is 1.53. The maximum absolute atomic E-state index is 12.4. The van der Waals surface area contributed by atoms with Gasteiger partial charge in [0.1, 0.15) is 11.5 Å².